The van der Waals surface area contributed by atoms with Crippen molar-refractivity contribution in [2.24, 2.45) is 5.92 Å². The molecular weight excluding hydrogens is 258 g/mol. The minimum absolute atomic E-state index is 0.228. The van der Waals surface area contributed by atoms with Crippen molar-refractivity contribution in [3.8, 4) is 0 Å². The van der Waals surface area contributed by atoms with Gasteiger partial charge in [-0.25, -0.2) is 0 Å². The number of hydrogen-bond donors (Lipinski definition) is 2. The molecule has 17 heavy (non-hydrogen) atoms. The number of hydrogen-bond acceptors (Lipinski definition) is 3. The van der Waals surface area contributed by atoms with E-state index in [1.165, 1.54) is 11.3 Å². The summed E-state index contributed by atoms with van der Waals surface area (Å²) in [5.74, 6) is 0.154. The first-order valence-electron chi connectivity index (χ1n) is 5.55. The van der Waals surface area contributed by atoms with E-state index in [9.17, 15) is 9.90 Å². The first-order valence-corrected chi connectivity index (χ1v) is 6.81. The number of carbonyl (C=O) groups excluding carboxylic acids is 1. The monoisotopic (exact) mass is 275 g/mol. The number of thiophene rings is 1. The molecule has 1 heterocycles. The van der Waals surface area contributed by atoms with Crippen LogP contribution in [0.25, 0.3) is 0 Å². The van der Waals surface area contributed by atoms with Crippen LogP contribution in [-0.2, 0) is 0 Å². The van der Waals surface area contributed by atoms with Gasteiger partial charge in [-0.05, 0) is 30.7 Å². The zero-order valence-corrected chi connectivity index (χ0v) is 11.9. The summed E-state index contributed by atoms with van der Waals surface area (Å²) in [7, 11) is 0. The molecule has 0 bridgehead atoms. The van der Waals surface area contributed by atoms with Crippen molar-refractivity contribution in [3.05, 3.63) is 21.3 Å². The Morgan fingerprint density at radius 2 is 2.29 bits per heavy atom. The quantitative estimate of drug-likeness (QED) is 0.868. The van der Waals surface area contributed by atoms with Gasteiger partial charge in [0.25, 0.3) is 5.91 Å². The second kappa shape index (κ2) is 5.85. The lowest BCUT2D eigenvalue weighted by atomic mass is 9.94. The highest BCUT2D eigenvalue weighted by Crippen LogP contribution is 2.22. The van der Waals surface area contributed by atoms with E-state index in [1.807, 2.05) is 13.8 Å². The van der Waals surface area contributed by atoms with Crippen LogP contribution in [0.1, 0.15) is 36.9 Å². The molecule has 96 valence electrons. The lowest BCUT2D eigenvalue weighted by molar-refractivity contribution is 0.0369. The smallest absolute Gasteiger partial charge is 0.262 e. The van der Waals surface area contributed by atoms with E-state index in [0.29, 0.717) is 22.2 Å². The summed E-state index contributed by atoms with van der Waals surface area (Å²) in [6, 6.07) is 1.69. The third-order valence-corrected chi connectivity index (χ3v) is 3.64. The summed E-state index contributed by atoms with van der Waals surface area (Å²) in [6.07, 6.45) is 0.644. The fraction of sp³-hybridized carbons (Fsp3) is 0.583. The average Bonchev–Trinajstić information content (AvgIpc) is 2.59. The summed E-state index contributed by atoms with van der Waals surface area (Å²) < 4.78 is 0. The second-order valence-electron chi connectivity index (χ2n) is 4.88. The Morgan fingerprint density at radius 1 is 1.65 bits per heavy atom. The molecule has 0 saturated heterocycles. The summed E-state index contributed by atoms with van der Waals surface area (Å²) in [4.78, 5) is 12.3. The molecule has 0 fully saturated rings. The van der Waals surface area contributed by atoms with Crippen LogP contribution in [-0.4, -0.2) is 23.2 Å². The maximum Gasteiger partial charge on any atom is 0.262 e. The van der Waals surface area contributed by atoms with Crippen molar-refractivity contribution in [1.82, 2.24) is 5.32 Å². The normalized spacial score (nSPS) is 14.7. The van der Waals surface area contributed by atoms with Gasteiger partial charge in [0.1, 0.15) is 4.88 Å². The average molecular weight is 276 g/mol. The van der Waals surface area contributed by atoms with Crippen LogP contribution >= 0.6 is 22.9 Å². The highest BCUT2D eigenvalue weighted by atomic mass is 35.5. The summed E-state index contributed by atoms with van der Waals surface area (Å²) >= 11 is 7.15. The zero-order chi connectivity index (χ0) is 13.1. The lowest BCUT2D eigenvalue weighted by Crippen LogP contribution is -2.41. The molecule has 0 saturated carbocycles. The van der Waals surface area contributed by atoms with E-state index >= 15 is 0 Å². The maximum atomic E-state index is 11.8. The molecule has 0 aliphatic carbocycles. The van der Waals surface area contributed by atoms with Crippen LogP contribution in [0.15, 0.2) is 11.4 Å². The zero-order valence-electron chi connectivity index (χ0n) is 10.3. The first kappa shape index (κ1) is 14.5. The van der Waals surface area contributed by atoms with Crippen LogP contribution in [0.3, 0.4) is 0 Å². The second-order valence-corrected chi connectivity index (χ2v) is 6.20. The van der Waals surface area contributed by atoms with Crippen molar-refractivity contribution >= 4 is 28.8 Å². The fourth-order valence-electron chi connectivity index (χ4n) is 1.76. The van der Waals surface area contributed by atoms with E-state index in [4.69, 9.17) is 11.6 Å². The molecule has 3 nitrogen and oxygen atoms in total. The van der Waals surface area contributed by atoms with Gasteiger partial charge in [0.2, 0.25) is 0 Å². The number of amides is 1. The van der Waals surface area contributed by atoms with Gasteiger partial charge in [-0.15, -0.1) is 11.3 Å². The van der Waals surface area contributed by atoms with E-state index in [1.54, 1.807) is 18.4 Å². The van der Waals surface area contributed by atoms with Crippen molar-refractivity contribution in [2.75, 3.05) is 6.54 Å². The summed E-state index contributed by atoms with van der Waals surface area (Å²) in [5, 5.41) is 15.0. The third-order valence-electron chi connectivity index (χ3n) is 2.30. The van der Waals surface area contributed by atoms with Crippen LogP contribution < -0.4 is 5.32 Å². The molecule has 2 N–H and O–H groups in total. The van der Waals surface area contributed by atoms with E-state index in [0.717, 1.165) is 0 Å². The van der Waals surface area contributed by atoms with Crippen LogP contribution in [0, 0.1) is 5.92 Å². The summed E-state index contributed by atoms with van der Waals surface area (Å²) in [5.41, 5.74) is -0.881. The van der Waals surface area contributed by atoms with Gasteiger partial charge >= 0.3 is 0 Å². The van der Waals surface area contributed by atoms with Crippen molar-refractivity contribution in [2.45, 2.75) is 32.8 Å². The number of carbonyl (C=O) groups is 1. The molecule has 0 spiro atoms. The Kier molecular flexibility index (Phi) is 4.98. The number of halogens is 1. The Labute approximate surface area is 111 Å². The topological polar surface area (TPSA) is 49.3 Å². The molecule has 1 aromatic rings. The highest BCUT2D eigenvalue weighted by Gasteiger charge is 2.23. The molecule has 0 aromatic carbocycles. The molecule has 1 amide bonds. The van der Waals surface area contributed by atoms with Gasteiger partial charge in [0, 0.05) is 6.54 Å². The van der Waals surface area contributed by atoms with Gasteiger partial charge in [-0.3, -0.25) is 4.79 Å². The van der Waals surface area contributed by atoms with Gasteiger partial charge in [-0.2, -0.15) is 0 Å². The minimum Gasteiger partial charge on any atom is -0.388 e. The number of nitrogens with one attached hydrogen (secondary N) is 1. The molecule has 1 atom stereocenters. The standard InChI is InChI=1S/C12H18ClNO2S/c1-8(2)6-12(3,16)7-14-11(15)10-9(13)4-5-17-10/h4-5,8,16H,6-7H2,1-3H3,(H,14,15). The molecule has 0 radical (unpaired) electrons. The van der Waals surface area contributed by atoms with Crippen LogP contribution in [0.2, 0.25) is 5.02 Å². The Morgan fingerprint density at radius 3 is 2.76 bits per heavy atom. The molecule has 5 heteroatoms. The van der Waals surface area contributed by atoms with Crippen molar-refractivity contribution in [1.29, 1.82) is 0 Å². The molecule has 1 rings (SSSR count). The van der Waals surface area contributed by atoms with Crippen molar-refractivity contribution in [3.63, 3.8) is 0 Å². The Hall–Kier alpha value is -0.580. The maximum absolute atomic E-state index is 11.8. The first-order chi connectivity index (χ1) is 7.82. The van der Waals surface area contributed by atoms with Crippen LogP contribution in [0.5, 0.6) is 0 Å². The molecule has 0 aliphatic rings. The largest absolute Gasteiger partial charge is 0.388 e. The lowest BCUT2D eigenvalue weighted by Gasteiger charge is -2.25. The van der Waals surface area contributed by atoms with Gasteiger partial charge < -0.3 is 10.4 Å². The van der Waals surface area contributed by atoms with Gasteiger partial charge in [-0.1, -0.05) is 25.4 Å². The van der Waals surface area contributed by atoms with Gasteiger partial charge in [0.15, 0.2) is 0 Å². The SMILES string of the molecule is CC(C)CC(C)(O)CNC(=O)c1sccc1Cl. The molecule has 1 unspecified atom stereocenters. The highest BCUT2D eigenvalue weighted by molar-refractivity contribution is 7.12. The summed E-state index contributed by atoms with van der Waals surface area (Å²) in [6.45, 7) is 6.03. The van der Waals surface area contributed by atoms with E-state index in [-0.39, 0.29) is 12.5 Å². The number of rotatable bonds is 5. The number of aliphatic hydroxyl groups is 1. The molecule has 1 aromatic heterocycles. The predicted molar refractivity (Wildman–Crippen MR) is 71.7 cm³/mol. The van der Waals surface area contributed by atoms with Crippen molar-refractivity contribution < 1.29 is 9.90 Å². The molecule has 0 aliphatic heterocycles. The minimum atomic E-state index is -0.881. The Balaban J connectivity index is 2.51. The van der Waals surface area contributed by atoms with Gasteiger partial charge in [0.05, 0.1) is 10.6 Å². The predicted octanol–water partition coefficient (Wildman–Crippen LogP) is 2.93. The van der Waals surface area contributed by atoms with E-state index in [2.05, 4.69) is 5.32 Å². The third kappa shape index (κ3) is 4.66. The molecular formula is C12H18ClNO2S. The van der Waals surface area contributed by atoms with E-state index < -0.39 is 5.60 Å². The Bertz CT molecular complexity index is 388. The fourth-order valence-corrected chi connectivity index (χ4v) is 2.82. The van der Waals surface area contributed by atoms with Crippen LogP contribution in [0.4, 0.5) is 0 Å².